The first-order valence-corrected chi connectivity index (χ1v) is 8.34. The summed E-state index contributed by atoms with van der Waals surface area (Å²) >= 11 is 1.27. The molecule has 1 fully saturated rings. The maximum atomic E-state index is 12.7. The highest BCUT2D eigenvalue weighted by Crippen LogP contribution is 2.37. The van der Waals surface area contributed by atoms with Crippen LogP contribution in [0.15, 0.2) is 30.3 Å². The van der Waals surface area contributed by atoms with E-state index in [1.807, 2.05) is 30.3 Å². The molecule has 0 unspecified atom stereocenters. The van der Waals surface area contributed by atoms with E-state index in [1.54, 1.807) is 19.1 Å². The van der Waals surface area contributed by atoms with E-state index in [9.17, 15) is 9.59 Å². The average Bonchev–Trinajstić information content (AvgIpc) is 3.14. The van der Waals surface area contributed by atoms with E-state index in [2.05, 4.69) is 15.5 Å². The van der Waals surface area contributed by atoms with Gasteiger partial charge in [0.25, 0.3) is 0 Å². The Balaban J connectivity index is 1.78. The van der Waals surface area contributed by atoms with Gasteiger partial charge in [-0.3, -0.25) is 9.59 Å². The summed E-state index contributed by atoms with van der Waals surface area (Å²) in [6, 6.07) is 9.31. The first-order chi connectivity index (χ1) is 11.6. The van der Waals surface area contributed by atoms with Crippen LogP contribution >= 0.6 is 11.3 Å². The van der Waals surface area contributed by atoms with Crippen molar-refractivity contribution in [2.24, 2.45) is 5.92 Å². The molecule has 7 nitrogen and oxygen atoms in total. The van der Waals surface area contributed by atoms with Crippen LogP contribution in [0.2, 0.25) is 0 Å². The standard InChI is InChI=1S/C16H18N4O3S/c1-20-13(21)8-11(14(20)10-6-4-3-5-7-10)15(22)17-16-19-18-12(24-16)9-23-2/h3-7,11,14H,8-9H2,1-2H3,(H,17,19,22)/t11-,14+/m1/s1. The fourth-order valence-electron chi connectivity index (χ4n) is 2.90. The molecule has 1 aliphatic heterocycles. The van der Waals surface area contributed by atoms with Gasteiger partial charge in [0.15, 0.2) is 0 Å². The Kier molecular flexibility index (Phi) is 4.86. The van der Waals surface area contributed by atoms with Crippen LogP contribution in [-0.4, -0.2) is 41.1 Å². The van der Waals surface area contributed by atoms with Crippen molar-refractivity contribution in [1.82, 2.24) is 15.1 Å². The van der Waals surface area contributed by atoms with Crippen molar-refractivity contribution in [1.29, 1.82) is 0 Å². The number of methoxy groups -OCH3 is 1. The Morgan fingerprint density at radius 3 is 2.83 bits per heavy atom. The monoisotopic (exact) mass is 346 g/mol. The zero-order chi connectivity index (χ0) is 17.1. The van der Waals surface area contributed by atoms with Crippen LogP contribution in [0.5, 0.6) is 0 Å². The fourth-order valence-corrected chi connectivity index (χ4v) is 3.61. The number of amides is 2. The molecule has 2 heterocycles. The van der Waals surface area contributed by atoms with Gasteiger partial charge in [0.2, 0.25) is 16.9 Å². The van der Waals surface area contributed by atoms with Crippen molar-refractivity contribution in [3.05, 3.63) is 40.9 Å². The lowest BCUT2D eigenvalue weighted by Crippen LogP contribution is -2.29. The average molecular weight is 346 g/mol. The molecule has 8 heteroatoms. The van der Waals surface area contributed by atoms with E-state index in [4.69, 9.17) is 4.74 Å². The predicted molar refractivity (Wildman–Crippen MR) is 89.3 cm³/mol. The molecule has 1 saturated heterocycles. The van der Waals surface area contributed by atoms with Crippen LogP contribution in [0.3, 0.4) is 0 Å². The van der Waals surface area contributed by atoms with Gasteiger partial charge in [-0.25, -0.2) is 0 Å². The number of anilines is 1. The van der Waals surface area contributed by atoms with Gasteiger partial charge in [-0.2, -0.15) is 0 Å². The second-order valence-electron chi connectivity index (χ2n) is 5.59. The topological polar surface area (TPSA) is 84.4 Å². The van der Waals surface area contributed by atoms with E-state index in [1.165, 1.54) is 11.3 Å². The highest BCUT2D eigenvalue weighted by molar-refractivity contribution is 7.15. The Labute approximate surface area is 143 Å². The largest absolute Gasteiger partial charge is 0.377 e. The number of carbonyl (C=O) groups excluding carboxylic acids is 2. The number of rotatable bonds is 5. The molecule has 0 bridgehead atoms. The SMILES string of the molecule is COCc1nnc(NC(=O)[C@@H]2CC(=O)N(C)[C@H]2c2ccccc2)s1. The number of benzene rings is 1. The van der Waals surface area contributed by atoms with Crippen LogP contribution < -0.4 is 5.32 Å². The predicted octanol–water partition coefficient (Wildman–Crippen LogP) is 1.84. The number of nitrogens with zero attached hydrogens (tertiary/aromatic N) is 3. The molecule has 1 aliphatic rings. The molecule has 0 radical (unpaired) electrons. The van der Waals surface area contributed by atoms with Gasteiger partial charge in [0.1, 0.15) is 11.6 Å². The second-order valence-corrected chi connectivity index (χ2v) is 6.66. The van der Waals surface area contributed by atoms with Gasteiger partial charge >= 0.3 is 0 Å². The third-order valence-corrected chi connectivity index (χ3v) is 4.84. The summed E-state index contributed by atoms with van der Waals surface area (Å²) in [5.41, 5.74) is 0.948. The van der Waals surface area contributed by atoms with Crippen LogP contribution in [0.4, 0.5) is 5.13 Å². The van der Waals surface area contributed by atoms with Crippen molar-refractivity contribution in [3.63, 3.8) is 0 Å². The summed E-state index contributed by atoms with van der Waals surface area (Å²) in [6.45, 7) is 0.352. The zero-order valence-corrected chi connectivity index (χ0v) is 14.2. The van der Waals surface area contributed by atoms with Crippen molar-refractivity contribution >= 4 is 28.3 Å². The summed E-state index contributed by atoms with van der Waals surface area (Å²) in [6.07, 6.45) is 0.186. The molecule has 1 aromatic heterocycles. The molecule has 0 saturated carbocycles. The van der Waals surface area contributed by atoms with Crippen LogP contribution in [-0.2, 0) is 20.9 Å². The molecular weight excluding hydrogens is 328 g/mol. The Bertz CT molecular complexity index is 734. The van der Waals surface area contributed by atoms with Gasteiger partial charge in [-0.15, -0.1) is 10.2 Å². The Hall–Kier alpha value is -2.32. The Morgan fingerprint density at radius 2 is 2.12 bits per heavy atom. The molecule has 1 aromatic carbocycles. The first-order valence-electron chi connectivity index (χ1n) is 7.53. The lowest BCUT2D eigenvalue weighted by molar-refractivity contribution is -0.127. The number of ether oxygens (including phenoxy) is 1. The van der Waals surface area contributed by atoms with E-state index < -0.39 is 5.92 Å². The molecule has 2 aromatic rings. The molecule has 2 amide bonds. The number of aromatic nitrogens is 2. The molecule has 24 heavy (non-hydrogen) atoms. The van der Waals surface area contributed by atoms with E-state index in [0.29, 0.717) is 16.7 Å². The van der Waals surface area contributed by atoms with Gasteiger partial charge in [0, 0.05) is 20.6 Å². The molecule has 1 N–H and O–H groups in total. The van der Waals surface area contributed by atoms with E-state index >= 15 is 0 Å². The minimum atomic E-state index is -0.459. The number of carbonyl (C=O) groups is 2. The lowest BCUT2D eigenvalue weighted by atomic mass is 9.93. The third kappa shape index (κ3) is 3.29. The maximum absolute atomic E-state index is 12.7. The first kappa shape index (κ1) is 16.5. The molecule has 2 atom stereocenters. The molecule has 0 aliphatic carbocycles. The number of hydrogen-bond acceptors (Lipinski definition) is 6. The second kappa shape index (κ2) is 7.06. The minimum Gasteiger partial charge on any atom is -0.377 e. The zero-order valence-electron chi connectivity index (χ0n) is 13.4. The van der Waals surface area contributed by atoms with Gasteiger partial charge < -0.3 is 15.0 Å². The van der Waals surface area contributed by atoms with Crippen LogP contribution in [0, 0.1) is 5.92 Å². The Morgan fingerprint density at radius 1 is 1.38 bits per heavy atom. The third-order valence-electron chi connectivity index (χ3n) is 4.03. The highest BCUT2D eigenvalue weighted by atomic mass is 32.1. The van der Waals surface area contributed by atoms with Crippen molar-refractivity contribution in [2.45, 2.75) is 19.1 Å². The molecule has 126 valence electrons. The fraction of sp³-hybridized carbons (Fsp3) is 0.375. The molecule has 0 spiro atoms. The highest BCUT2D eigenvalue weighted by Gasteiger charge is 2.42. The lowest BCUT2D eigenvalue weighted by Gasteiger charge is -2.24. The summed E-state index contributed by atoms with van der Waals surface area (Å²) in [5.74, 6) is -0.720. The van der Waals surface area contributed by atoms with E-state index in [0.717, 1.165) is 5.56 Å². The van der Waals surface area contributed by atoms with Gasteiger partial charge in [-0.1, -0.05) is 41.7 Å². The van der Waals surface area contributed by atoms with Crippen molar-refractivity contribution in [2.75, 3.05) is 19.5 Å². The quantitative estimate of drug-likeness (QED) is 0.893. The minimum absolute atomic E-state index is 0.0404. The summed E-state index contributed by atoms with van der Waals surface area (Å²) < 4.78 is 4.99. The maximum Gasteiger partial charge on any atom is 0.232 e. The smallest absolute Gasteiger partial charge is 0.232 e. The van der Waals surface area contributed by atoms with Crippen molar-refractivity contribution < 1.29 is 14.3 Å². The van der Waals surface area contributed by atoms with Gasteiger partial charge in [0.05, 0.1) is 12.0 Å². The van der Waals surface area contributed by atoms with E-state index in [-0.39, 0.29) is 24.3 Å². The molecular formula is C16H18N4O3S. The number of likely N-dealkylation sites (tertiary alicyclic amines) is 1. The van der Waals surface area contributed by atoms with Gasteiger partial charge in [-0.05, 0) is 5.56 Å². The summed E-state index contributed by atoms with van der Waals surface area (Å²) in [4.78, 5) is 26.4. The summed E-state index contributed by atoms with van der Waals surface area (Å²) in [7, 11) is 3.30. The molecule has 3 rings (SSSR count). The van der Waals surface area contributed by atoms with Crippen LogP contribution in [0.1, 0.15) is 23.0 Å². The normalized spacial score (nSPS) is 20.4. The summed E-state index contributed by atoms with van der Waals surface area (Å²) in [5, 5.41) is 11.8. The van der Waals surface area contributed by atoms with Crippen molar-refractivity contribution in [3.8, 4) is 0 Å². The number of nitrogens with one attached hydrogen (secondary N) is 1. The number of hydrogen-bond donors (Lipinski definition) is 1. The van der Waals surface area contributed by atoms with Crippen LogP contribution in [0.25, 0.3) is 0 Å².